The molecule has 194 valence electrons. The highest BCUT2D eigenvalue weighted by Crippen LogP contribution is 2.23. The number of benzene rings is 2. The van der Waals surface area contributed by atoms with Gasteiger partial charge in [-0.2, -0.15) is 0 Å². The Labute approximate surface area is 215 Å². The minimum absolute atomic E-state index is 0.0410. The summed E-state index contributed by atoms with van der Waals surface area (Å²) in [6.45, 7) is 1.72. The van der Waals surface area contributed by atoms with E-state index in [-0.39, 0.29) is 12.3 Å². The summed E-state index contributed by atoms with van der Waals surface area (Å²) in [5.41, 5.74) is 1.66. The van der Waals surface area contributed by atoms with E-state index in [2.05, 4.69) is 25.9 Å². The summed E-state index contributed by atoms with van der Waals surface area (Å²) in [6.07, 6.45) is 7.83. The number of aromatic nitrogens is 4. The lowest BCUT2D eigenvalue weighted by Crippen LogP contribution is -2.45. The molecule has 1 amide bonds. The molecule has 0 radical (unpaired) electrons. The molecule has 0 saturated carbocycles. The highest BCUT2D eigenvalue weighted by Gasteiger charge is 2.18. The van der Waals surface area contributed by atoms with Crippen molar-refractivity contribution in [2.24, 2.45) is 14.1 Å². The maximum Gasteiger partial charge on any atom is 0.303 e. The second kappa shape index (κ2) is 12.3. The molecule has 4 N–H and O–H groups in total. The monoisotopic (exact) mass is 503 g/mol. The molecule has 4 aromatic rings. The maximum atomic E-state index is 13.4. The maximum absolute atomic E-state index is 13.4. The van der Waals surface area contributed by atoms with Gasteiger partial charge in [0, 0.05) is 57.4 Å². The van der Waals surface area contributed by atoms with Crippen LogP contribution in [0.15, 0.2) is 61.2 Å². The predicted octanol–water partition coefficient (Wildman–Crippen LogP) is 2.70. The van der Waals surface area contributed by atoms with Crippen LogP contribution in [0.1, 0.15) is 46.8 Å². The molecule has 4 rings (SSSR count). The van der Waals surface area contributed by atoms with Crippen LogP contribution in [0.5, 0.6) is 0 Å². The second-order valence-corrected chi connectivity index (χ2v) is 9.02. The Bertz CT molecular complexity index is 1360. The fourth-order valence-corrected chi connectivity index (χ4v) is 4.29. The third kappa shape index (κ3) is 6.81. The zero-order valence-electron chi connectivity index (χ0n) is 21.1. The van der Waals surface area contributed by atoms with Crippen molar-refractivity contribution in [2.45, 2.75) is 45.1 Å². The fraction of sp³-hybridized carbons (Fsp3) is 0.333. The quantitative estimate of drug-likeness (QED) is 0.207. The molecule has 2 aromatic carbocycles. The Balaban J connectivity index is 1.47. The number of aliphatic carboxylic acids is 1. The number of imidazole rings is 2. The second-order valence-electron chi connectivity index (χ2n) is 9.02. The number of carboxylic acid groups (broad SMARTS) is 1. The van der Waals surface area contributed by atoms with Crippen molar-refractivity contribution in [3.05, 3.63) is 84.0 Å². The molecule has 0 saturated heterocycles. The minimum atomic E-state index is -0.854. The number of carboxylic acids is 1. The molecule has 0 fully saturated rings. The Morgan fingerprint density at radius 2 is 1.59 bits per heavy atom. The molecule has 0 aliphatic rings. The van der Waals surface area contributed by atoms with Crippen LogP contribution in [-0.2, 0) is 38.5 Å². The standard InChI is InChI=1S/C27H33N7O3/c1-33-14-12-29-24(33)17-28-16-19-10-11-22(21-7-4-3-6-20(19)21)27(37)32-23(8-5-9-26(35)36)31-18-25-30-13-15-34(25)2/h3-4,6-7,10-15,23,28,31H,5,8-9,16-18H2,1-2H3,(H,32,37)(H,35,36). The van der Waals surface area contributed by atoms with E-state index >= 15 is 0 Å². The number of carbonyl (C=O) groups excluding carboxylic acids is 1. The van der Waals surface area contributed by atoms with E-state index in [1.54, 1.807) is 12.4 Å². The largest absolute Gasteiger partial charge is 0.481 e. The van der Waals surface area contributed by atoms with E-state index in [9.17, 15) is 9.59 Å². The van der Waals surface area contributed by atoms with Crippen molar-refractivity contribution in [2.75, 3.05) is 0 Å². The number of aryl methyl sites for hydroxylation is 2. The molecule has 10 heteroatoms. The van der Waals surface area contributed by atoms with Crippen molar-refractivity contribution in [3.8, 4) is 0 Å². The summed E-state index contributed by atoms with van der Waals surface area (Å²) < 4.78 is 3.88. The zero-order chi connectivity index (χ0) is 26.2. The van der Waals surface area contributed by atoms with Crippen molar-refractivity contribution < 1.29 is 14.7 Å². The summed E-state index contributed by atoms with van der Waals surface area (Å²) >= 11 is 0. The van der Waals surface area contributed by atoms with Crippen LogP contribution in [0.2, 0.25) is 0 Å². The molecule has 2 heterocycles. The first-order chi connectivity index (χ1) is 17.9. The van der Waals surface area contributed by atoms with Gasteiger partial charge < -0.3 is 24.9 Å². The Morgan fingerprint density at radius 1 is 0.919 bits per heavy atom. The van der Waals surface area contributed by atoms with Crippen molar-refractivity contribution in [1.82, 2.24) is 35.1 Å². The fourth-order valence-electron chi connectivity index (χ4n) is 4.29. The van der Waals surface area contributed by atoms with Gasteiger partial charge in [-0.15, -0.1) is 0 Å². The van der Waals surface area contributed by atoms with Gasteiger partial charge in [0.15, 0.2) is 0 Å². The van der Waals surface area contributed by atoms with E-state index in [1.807, 2.05) is 72.0 Å². The van der Waals surface area contributed by atoms with Gasteiger partial charge in [-0.1, -0.05) is 30.3 Å². The smallest absolute Gasteiger partial charge is 0.303 e. The summed E-state index contributed by atoms with van der Waals surface area (Å²) in [7, 11) is 3.87. The molecular formula is C27H33N7O3. The molecule has 0 bridgehead atoms. The van der Waals surface area contributed by atoms with Gasteiger partial charge in [0.2, 0.25) is 0 Å². The van der Waals surface area contributed by atoms with Gasteiger partial charge >= 0.3 is 5.97 Å². The SMILES string of the molecule is Cn1ccnc1CNCc1ccc(C(=O)NC(CCCC(=O)O)NCc2nccn2C)c2ccccc12. The van der Waals surface area contributed by atoms with E-state index in [1.165, 1.54) is 0 Å². The average molecular weight is 504 g/mol. The van der Waals surface area contributed by atoms with Gasteiger partial charge in [0.25, 0.3) is 5.91 Å². The summed E-state index contributed by atoms with van der Waals surface area (Å²) in [4.78, 5) is 33.1. The molecule has 1 unspecified atom stereocenters. The van der Waals surface area contributed by atoms with Crippen LogP contribution < -0.4 is 16.0 Å². The Hall–Kier alpha value is -4.02. The van der Waals surface area contributed by atoms with E-state index < -0.39 is 12.1 Å². The molecule has 10 nitrogen and oxygen atoms in total. The van der Waals surface area contributed by atoms with Crippen LogP contribution in [0.3, 0.4) is 0 Å². The van der Waals surface area contributed by atoms with Crippen LogP contribution in [-0.4, -0.2) is 42.3 Å². The summed E-state index contributed by atoms with van der Waals surface area (Å²) in [6, 6.07) is 11.7. The molecule has 2 aromatic heterocycles. The number of nitrogens with one attached hydrogen (secondary N) is 3. The van der Waals surface area contributed by atoms with Crippen molar-refractivity contribution >= 4 is 22.6 Å². The van der Waals surface area contributed by atoms with Gasteiger partial charge in [-0.3, -0.25) is 14.9 Å². The molecule has 0 spiro atoms. The minimum Gasteiger partial charge on any atom is -0.481 e. The third-order valence-corrected chi connectivity index (χ3v) is 6.39. The number of hydrogen-bond donors (Lipinski definition) is 4. The van der Waals surface area contributed by atoms with E-state index in [4.69, 9.17) is 5.11 Å². The van der Waals surface area contributed by atoms with E-state index in [0.717, 1.165) is 28.0 Å². The van der Waals surface area contributed by atoms with Crippen LogP contribution in [0, 0.1) is 0 Å². The first-order valence-electron chi connectivity index (χ1n) is 12.3. The van der Waals surface area contributed by atoms with Gasteiger partial charge in [-0.05, 0) is 35.2 Å². The lowest BCUT2D eigenvalue weighted by molar-refractivity contribution is -0.137. The first kappa shape index (κ1) is 26.1. The van der Waals surface area contributed by atoms with Crippen molar-refractivity contribution in [3.63, 3.8) is 0 Å². The molecular weight excluding hydrogens is 470 g/mol. The summed E-state index contributed by atoms with van der Waals surface area (Å²) in [5, 5.41) is 20.7. The topological polar surface area (TPSA) is 126 Å². The number of amides is 1. The number of fused-ring (bicyclic) bond motifs is 1. The highest BCUT2D eigenvalue weighted by atomic mass is 16.4. The Morgan fingerprint density at radius 3 is 2.24 bits per heavy atom. The lowest BCUT2D eigenvalue weighted by atomic mass is 9.98. The van der Waals surface area contributed by atoms with Crippen LogP contribution >= 0.6 is 0 Å². The molecule has 37 heavy (non-hydrogen) atoms. The number of hydrogen-bond acceptors (Lipinski definition) is 6. The number of carbonyl (C=O) groups is 2. The van der Waals surface area contributed by atoms with Gasteiger partial charge in [-0.25, -0.2) is 9.97 Å². The van der Waals surface area contributed by atoms with Crippen molar-refractivity contribution in [1.29, 1.82) is 0 Å². The number of rotatable bonds is 13. The number of nitrogens with zero attached hydrogens (tertiary/aromatic N) is 4. The van der Waals surface area contributed by atoms with Gasteiger partial charge in [0.1, 0.15) is 11.6 Å². The Kier molecular flexibility index (Phi) is 8.65. The molecule has 0 aliphatic carbocycles. The normalized spacial score (nSPS) is 12.1. The first-order valence-corrected chi connectivity index (χ1v) is 12.3. The van der Waals surface area contributed by atoms with Crippen LogP contribution in [0.25, 0.3) is 10.8 Å². The zero-order valence-corrected chi connectivity index (χ0v) is 21.1. The average Bonchev–Trinajstić information content (AvgIpc) is 3.49. The molecule has 1 atom stereocenters. The van der Waals surface area contributed by atoms with Crippen LogP contribution in [0.4, 0.5) is 0 Å². The molecule has 0 aliphatic heterocycles. The third-order valence-electron chi connectivity index (χ3n) is 6.39. The lowest BCUT2D eigenvalue weighted by Gasteiger charge is -2.21. The van der Waals surface area contributed by atoms with Gasteiger partial charge in [0.05, 0.1) is 19.3 Å². The van der Waals surface area contributed by atoms with E-state index in [0.29, 0.717) is 38.0 Å². The summed E-state index contributed by atoms with van der Waals surface area (Å²) in [5.74, 6) is 0.710. The predicted molar refractivity (Wildman–Crippen MR) is 140 cm³/mol. The highest BCUT2D eigenvalue weighted by molar-refractivity contribution is 6.08.